The van der Waals surface area contributed by atoms with E-state index in [1.54, 1.807) is 11.0 Å². The van der Waals surface area contributed by atoms with Crippen LogP contribution >= 0.6 is 0 Å². The maximum Gasteiger partial charge on any atom is 0.233 e. The van der Waals surface area contributed by atoms with E-state index in [-0.39, 0.29) is 29.5 Å². The minimum atomic E-state index is -0.436. The Hall–Kier alpha value is -5.08. The van der Waals surface area contributed by atoms with Crippen LogP contribution in [0.5, 0.6) is 5.75 Å². The highest BCUT2D eigenvalue weighted by atomic mass is 16.5. The molecule has 1 aromatic carbocycles. The molecule has 59 heavy (non-hydrogen) atoms. The molecule has 3 unspecified atom stereocenters. The van der Waals surface area contributed by atoms with Gasteiger partial charge in [-0.25, -0.2) is 9.97 Å². The lowest BCUT2D eigenvalue weighted by atomic mass is 9.67. The molecule has 3 saturated heterocycles. The van der Waals surface area contributed by atoms with E-state index in [1.807, 2.05) is 44.2 Å². The Morgan fingerprint density at radius 1 is 0.966 bits per heavy atom. The zero-order chi connectivity index (χ0) is 40.4. The molecule has 5 aliphatic rings. The molecule has 10 rings (SSSR count). The second kappa shape index (κ2) is 15.2. The van der Waals surface area contributed by atoms with Gasteiger partial charge >= 0.3 is 0 Å². The minimum absolute atomic E-state index is 0.0281. The number of rotatable bonds is 8. The van der Waals surface area contributed by atoms with Gasteiger partial charge in [-0.2, -0.15) is 0 Å². The fourth-order valence-corrected chi connectivity index (χ4v) is 11.0. The topological polar surface area (TPSA) is 164 Å². The van der Waals surface area contributed by atoms with Crippen LogP contribution in [0.2, 0.25) is 0 Å². The number of H-pyrrole nitrogens is 1. The first-order chi connectivity index (χ1) is 28.6. The normalized spacial score (nSPS) is 23.3. The van der Waals surface area contributed by atoms with Gasteiger partial charge in [-0.05, 0) is 101 Å². The van der Waals surface area contributed by atoms with Gasteiger partial charge in [0.15, 0.2) is 17.2 Å². The van der Waals surface area contributed by atoms with Gasteiger partial charge in [0.2, 0.25) is 11.9 Å². The number of fused-ring (bicyclic) bond motifs is 3. The fraction of sp³-hybridized carbons (Fsp3) is 0.556. The summed E-state index contributed by atoms with van der Waals surface area (Å²) in [5, 5.41) is 34.8. The van der Waals surface area contributed by atoms with E-state index in [0.29, 0.717) is 53.9 Å². The maximum atomic E-state index is 13.4. The number of β-amino-alcohol motifs (C(OH)–C–C–N with tert-alkyl or cyclic N) is 1. The molecule has 310 valence electrons. The van der Waals surface area contributed by atoms with Crippen LogP contribution in [0.4, 0.5) is 11.8 Å². The first-order valence-electron chi connectivity index (χ1n) is 21.8. The summed E-state index contributed by atoms with van der Waals surface area (Å²) >= 11 is 0. The van der Waals surface area contributed by atoms with Crippen LogP contribution < -0.4 is 9.80 Å². The van der Waals surface area contributed by atoms with E-state index in [0.717, 1.165) is 74.8 Å². The summed E-state index contributed by atoms with van der Waals surface area (Å²) in [6.07, 6.45) is 12.4. The van der Waals surface area contributed by atoms with Gasteiger partial charge in [-0.1, -0.05) is 31.1 Å². The highest BCUT2D eigenvalue weighted by Crippen LogP contribution is 2.47. The van der Waals surface area contributed by atoms with Gasteiger partial charge < -0.3 is 39.3 Å². The van der Waals surface area contributed by atoms with Gasteiger partial charge in [0, 0.05) is 91.3 Å². The number of carbonyl (C=O) groups excluding carboxylic acids is 1. The van der Waals surface area contributed by atoms with Crippen LogP contribution in [-0.2, 0) is 11.2 Å². The SMILES string of the molecule is CC(C)C(C(=O)N1CCC(O)C1)c1cc(N2CC3(CCC(N4CCC(c5cnc(N6CCc7[nH]c8nnc(-c9ccccc9O)cc8c7C6C)nc5)CC4)CC3)C2)no1. The number of anilines is 2. The van der Waals surface area contributed by atoms with Crippen molar-refractivity contribution in [2.45, 2.75) is 102 Å². The van der Waals surface area contributed by atoms with E-state index >= 15 is 0 Å². The molecule has 8 heterocycles. The molecule has 1 amide bonds. The lowest BCUT2D eigenvalue weighted by Crippen LogP contribution is -2.59. The average molecular weight is 801 g/mol. The van der Waals surface area contributed by atoms with Crippen molar-refractivity contribution in [1.82, 2.24) is 40.1 Å². The predicted molar refractivity (Wildman–Crippen MR) is 224 cm³/mol. The number of amides is 1. The second-order valence-corrected chi connectivity index (χ2v) is 18.4. The molecule has 14 heteroatoms. The fourth-order valence-electron chi connectivity index (χ4n) is 11.0. The highest BCUT2D eigenvalue weighted by molar-refractivity contribution is 5.86. The van der Waals surface area contributed by atoms with Crippen molar-refractivity contribution in [3.63, 3.8) is 0 Å². The number of hydrogen-bond acceptors (Lipinski definition) is 12. The first kappa shape index (κ1) is 38.1. The molecule has 3 atom stereocenters. The van der Waals surface area contributed by atoms with Crippen molar-refractivity contribution in [3.8, 4) is 17.0 Å². The molecular weight excluding hydrogens is 745 g/mol. The minimum Gasteiger partial charge on any atom is -0.507 e. The number of carbonyl (C=O) groups is 1. The maximum absolute atomic E-state index is 13.4. The molecule has 1 aliphatic carbocycles. The molecule has 14 nitrogen and oxygen atoms in total. The molecule has 0 radical (unpaired) electrons. The molecule has 1 saturated carbocycles. The zero-order valence-electron chi connectivity index (χ0n) is 34.4. The van der Waals surface area contributed by atoms with Crippen molar-refractivity contribution in [1.29, 1.82) is 0 Å². The van der Waals surface area contributed by atoms with Crippen LogP contribution in [0.15, 0.2) is 53.3 Å². The van der Waals surface area contributed by atoms with E-state index in [9.17, 15) is 15.0 Å². The van der Waals surface area contributed by atoms with Crippen molar-refractivity contribution in [2.75, 3.05) is 55.6 Å². The number of aromatic amines is 1. The Morgan fingerprint density at radius 2 is 1.73 bits per heavy atom. The monoisotopic (exact) mass is 800 g/mol. The summed E-state index contributed by atoms with van der Waals surface area (Å²) in [6.45, 7) is 12.3. The van der Waals surface area contributed by atoms with Crippen molar-refractivity contribution in [3.05, 3.63) is 71.4 Å². The number of aliphatic hydroxyl groups is 1. The van der Waals surface area contributed by atoms with E-state index in [1.165, 1.54) is 42.5 Å². The second-order valence-electron chi connectivity index (χ2n) is 18.4. The summed E-state index contributed by atoms with van der Waals surface area (Å²) in [4.78, 5) is 35.9. The summed E-state index contributed by atoms with van der Waals surface area (Å²) in [5.74, 6) is 2.62. The van der Waals surface area contributed by atoms with E-state index < -0.39 is 6.10 Å². The van der Waals surface area contributed by atoms with E-state index in [2.05, 4.69) is 54.4 Å². The zero-order valence-corrected chi connectivity index (χ0v) is 34.4. The largest absolute Gasteiger partial charge is 0.507 e. The number of nitrogens with one attached hydrogen (secondary N) is 1. The molecule has 4 aliphatic heterocycles. The molecule has 5 aromatic rings. The van der Waals surface area contributed by atoms with Crippen LogP contribution in [0.25, 0.3) is 22.3 Å². The number of aromatic nitrogens is 6. The molecular formula is C45H56N10O4. The molecule has 0 bridgehead atoms. The lowest BCUT2D eigenvalue weighted by molar-refractivity contribution is -0.133. The number of nitrogens with zero attached hydrogens (tertiary/aromatic N) is 9. The highest BCUT2D eigenvalue weighted by Gasteiger charge is 2.47. The van der Waals surface area contributed by atoms with Crippen molar-refractivity contribution in [2.24, 2.45) is 11.3 Å². The van der Waals surface area contributed by atoms with Gasteiger partial charge in [0.25, 0.3) is 0 Å². The Kier molecular flexibility index (Phi) is 9.82. The number of phenolic OH excluding ortho intramolecular Hbond substituents is 1. The third kappa shape index (κ3) is 7.01. The van der Waals surface area contributed by atoms with Gasteiger partial charge in [-0.3, -0.25) is 4.79 Å². The molecule has 4 fully saturated rings. The summed E-state index contributed by atoms with van der Waals surface area (Å²) in [7, 11) is 0. The smallest absolute Gasteiger partial charge is 0.233 e. The van der Waals surface area contributed by atoms with Crippen LogP contribution in [-0.4, -0.2) is 114 Å². The number of aromatic hydroxyl groups is 1. The first-order valence-corrected chi connectivity index (χ1v) is 21.8. The van der Waals surface area contributed by atoms with Gasteiger partial charge in [0.1, 0.15) is 11.7 Å². The van der Waals surface area contributed by atoms with Crippen LogP contribution in [0, 0.1) is 11.3 Å². The Morgan fingerprint density at radius 3 is 2.44 bits per heavy atom. The third-order valence-corrected chi connectivity index (χ3v) is 14.4. The lowest BCUT2D eigenvalue weighted by Gasteiger charge is -2.54. The summed E-state index contributed by atoms with van der Waals surface area (Å²) in [5.41, 5.74) is 6.02. The van der Waals surface area contributed by atoms with Crippen LogP contribution in [0.3, 0.4) is 0 Å². The van der Waals surface area contributed by atoms with Crippen molar-refractivity contribution >= 4 is 28.7 Å². The number of aliphatic hydroxyl groups excluding tert-OH is 1. The number of hydrogen-bond donors (Lipinski definition) is 3. The Balaban J connectivity index is 0.715. The quantitative estimate of drug-likeness (QED) is 0.163. The van der Waals surface area contributed by atoms with E-state index in [4.69, 9.17) is 14.5 Å². The standard InChI is InChI=1S/C45H56N10O4/c1-27(2)40(43(58)53-18-12-32(56)24-53)38-21-39(51-59-38)54-25-45(26-54)14-8-31(9-15-45)52-16-10-29(11-17-52)30-22-46-44(47-23-30)55-19-13-35-41(28(55)3)34-20-36(49-50-42(34)48-35)33-6-4-5-7-37(33)57/h4-7,20-23,27-29,31-32,40,56-57H,8-19,24-26H2,1-3H3,(H,48,50). The van der Waals surface area contributed by atoms with Crippen molar-refractivity contribution < 1.29 is 19.5 Å². The van der Waals surface area contributed by atoms with Crippen LogP contribution in [0.1, 0.15) is 106 Å². The summed E-state index contributed by atoms with van der Waals surface area (Å²) in [6, 6.07) is 11.9. The number of benzene rings is 1. The number of piperidine rings is 1. The molecule has 4 aromatic heterocycles. The molecule has 1 spiro atoms. The summed E-state index contributed by atoms with van der Waals surface area (Å²) < 4.78 is 5.81. The number of likely N-dealkylation sites (tertiary alicyclic amines) is 2. The molecule has 3 N–H and O–H groups in total. The van der Waals surface area contributed by atoms with Gasteiger partial charge in [0.05, 0.1) is 17.8 Å². The Bertz CT molecular complexity index is 2300. The Labute approximate surface area is 345 Å². The van der Waals surface area contributed by atoms with Gasteiger partial charge in [-0.15, -0.1) is 10.2 Å². The number of phenols is 1. The average Bonchev–Trinajstić information content (AvgIpc) is 3.99. The predicted octanol–water partition coefficient (Wildman–Crippen LogP) is 6.19. The third-order valence-electron chi connectivity index (χ3n) is 14.4. The number of para-hydroxylation sites is 1.